The number of likely N-dealkylation sites (tertiary alicyclic amines) is 1. The molecule has 8 heteroatoms. The minimum absolute atomic E-state index is 0.0216. The molecule has 0 saturated carbocycles. The smallest absolute Gasteiger partial charge is 0.310 e. The van der Waals surface area contributed by atoms with Gasteiger partial charge in [-0.1, -0.05) is 45.1 Å². The highest BCUT2D eigenvalue weighted by molar-refractivity contribution is 8.02. The Morgan fingerprint density at radius 2 is 2.00 bits per heavy atom. The molecule has 2 bridgehead atoms. The van der Waals surface area contributed by atoms with E-state index < -0.39 is 28.7 Å². The Balaban J connectivity index is 1.85. The summed E-state index contributed by atoms with van der Waals surface area (Å²) in [6.07, 6.45) is 4.66. The number of carbonyl (C=O) groups excluding carboxylic acids is 3. The summed E-state index contributed by atoms with van der Waals surface area (Å²) in [5.74, 6) is -2.17. The van der Waals surface area contributed by atoms with Crippen LogP contribution in [0.3, 0.4) is 0 Å². The Morgan fingerprint density at radius 3 is 2.62 bits per heavy atom. The van der Waals surface area contributed by atoms with Gasteiger partial charge in [0.25, 0.3) is 5.91 Å². The molecule has 2 amide bonds. The topological polar surface area (TPSA) is 87.2 Å². The van der Waals surface area contributed by atoms with Gasteiger partial charge in [-0.05, 0) is 55.7 Å². The average Bonchev–Trinajstić information content (AvgIpc) is 3.48. The second-order valence-corrected chi connectivity index (χ2v) is 13.1. The van der Waals surface area contributed by atoms with Crippen LogP contribution < -0.4 is 4.90 Å². The highest BCUT2D eigenvalue weighted by Crippen LogP contribution is 2.69. The van der Waals surface area contributed by atoms with Crippen molar-refractivity contribution in [3.63, 3.8) is 0 Å². The number of carbonyl (C=O) groups is 3. The van der Waals surface area contributed by atoms with E-state index in [1.165, 1.54) is 0 Å². The monoisotopic (exact) mass is 554 g/mol. The number of fused-ring (bicyclic) bond motifs is 1. The maximum atomic E-state index is 14.8. The third-order valence-corrected chi connectivity index (χ3v) is 10.9. The van der Waals surface area contributed by atoms with Crippen molar-refractivity contribution in [2.45, 2.75) is 69.5 Å². The van der Waals surface area contributed by atoms with E-state index in [1.807, 2.05) is 45.9 Å². The summed E-state index contributed by atoms with van der Waals surface area (Å²) in [5.41, 5.74) is 2.75. The first-order valence-electron chi connectivity index (χ1n) is 13.9. The van der Waals surface area contributed by atoms with Crippen LogP contribution in [0, 0.1) is 37.5 Å². The molecule has 1 aromatic carbocycles. The van der Waals surface area contributed by atoms with Crippen LogP contribution in [0.1, 0.15) is 44.7 Å². The van der Waals surface area contributed by atoms with Crippen LogP contribution in [0.5, 0.6) is 0 Å². The lowest BCUT2D eigenvalue weighted by molar-refractivity contribution is -0.155. The minimum Gasteiger partial charge on any atom is -0.465 e. The van der Waals surface area contributed by atoms with Crippen LogP contribution in [0.2, 0.25) is 0 Å². The SMILES string of the molecule is C=CCCOC(=O)[C@@H]1[C@@H]2CC(C)C3(S2)C(C(=O)N(CC=C)c2cc(C)ccc2C)N([C@@H](CO)C(C)C)C(=O)[C@H]13. The minimum atomic E-state index is -0.828. The fourth-order valence-electron chi connectivity index (χ4n) is 6.92. The number of rotatable bonds is 11. The number of aliphatic hydroxyl groups is 1. The van der Waals surface area contributed by atoms with Gasteiger partial charge in [-0.2, -0.15) is 0 Å². The number of nitrogens with zero attached hydrogens (tertiary/aromatic N) is 2. The molecule has 7 atom stereocenters. The van der Waals surface area contributed by atoms with Gasteiger partial charge in [-0.25, -0.2) is 0 Å². The average molecular weight is 555 g/mol. The Hall–Kier alpha value is -2.58. The maximum absolute atomic E-state index is 14.8. The number of ether oxygens (including phenoxy) is 1. The number of aliphatic hydroxyl groups excluding tert-OH is 1. The van der Waals surface area contributed by atoms with Crippen molar-refractivity contribution in [1.82, 2.24) is 4.90 Å². The van der Waals surface area contributed by atoms with E-state index in [0.29, 0.717) is 6.42 Å². The number of hydrogen-bond donors (Lipinski definition) is 1. The lowest BCUT2D eigenvalue weighted by Gasteiger charge is -2.43. The Labute approximate surface area is 236 Å². The number of esters is 1. The molecule has 3 saturated heterocycles. The van der Waals surface area contributed by atoms with Crippen molar-refractivity contribution in [3.8, 4) is 0 Å². The van der Waals surface area contributed by atoms with E-state index in [9.17, 15) is 19.5 Å². The molecule has 1 aromatic rings. The molecule has 39 heavy (non-hydrogen) atoms. The summed E-state index contributed by atoms with van der Waals surface area (Å²) in [4.78, 5) is 46.0. The normalized spacial score (nSPS) is 29.9. The fourth-order valence-corrected chi connectivity index (χ4v) is 9.31. The van der Waals surface area contributed by atoms with Crippen molar-refractivity contribution in [1.29, 1.82) is 0 Å². The second-order valence-electron chi connectivity index (χ2n) is 11.6. The first-order chi connectivity index (χ1) is 18.5. The molecule has 1 spiro atoms. The van der Waals surface area contributed by atoms with Crippen LogP contribution >= 0.6 is 11.8 Å². The zero-order valence-electron chi connectivity index (χ0n) is 23.8. The molecule has 212 valence electrons. The molecule has 0 radical (unpaired) electrons. The zero-order valence-corrected chi connectivity index (χ0v) is 24.6. The molecular formula is C31H42N2O5S. The summed E-state index contributed by atoms with van der Waals surface area (Å²) in [5, 5.41) is 10.4. The second kappa shape index (κ2) is 11.5. The van der Waals surface area contributed by atoms with Crippen LogP contribution in [0.25, 0.3) is 0 Å². The molecule has 0 aromatic heterocycles. The first-order valence-corrected chi connectivity index (χ1v) is 14.8. The summed E-state index contributed by atoms with van der Waals surface area (Å²) >= 11 is 1.62. The standard InChI is InChI=1S/C31H42N2O5S/c1-8-10-14-38-30(37)25-24-16-21(7)31(39-24)26(25)28(35)33(23(17-34)18(3)4)27(31)29(36)32(13-9-2)22-15-19(5)11-12-20(22)6/h8-9,11-12,15,18,21,23-27,34H,1-2,10,13-14,16-17H2,3-7H3/t21?,23-,24-,25+,26-,27?,31?/m0/s1. The van der Waals surface area contributed by atoms with Crippen molar-refractivity contribution in [2.75, 3.05) is 24.7 Å². The molecular weight excluding hydrogens is 512 g/mol. The molecule has 3 heterocycles. The lowest BCUT2D eigenvalue weighted by atomic mass is 9.66. The predicted octanol–water partition coefficient (Wildman–Crippen LogP) is 4.30. The lowest BCUT2D eigenvalue weighted by Crippen LogP contribution is -2.60. The van der Waals surface area contributed by atoms with Gasteiger partial charge in [0, 0.05) is 17.5 Å². The van der Waals surface area contributed by atoms with E-state index >= 15 is 0 Å². The Bertz CT molecular complexity index is 1150. The highest BCUT2D eigenvalue weighted by atomic mass is 32.2. The Morgan fingerprint density at radius 1 is 1.28 bits per heavy atom. The van der Waals surface area contributed by atoms with Gasteiger partial charge in [0.2, 0.25) is 5.91 Å². The van der Waals surface area contributed by atoms with Gasteiger partial charge < -0.3 is 19.6 Å². The Kier molecular flexibility index (Phi) is 8.67. The molecule has 3 unspecified atom stereocenters. The molecule has 3 fully saturated rings. The van der Waals surface area contributed by atoms with E-state index in [0.717, 1.165) is 23.2 Å². The van der Waals surface area contributed by atoms with Crippen molar-refractivity contribution >= 4 is 35.2 Å². The third kappa shape index (κ3) is 4.73. The number of hydrogen-bond acceptors (Lipinski definition) is 6. The van der Waals surface area contributed by atoms with Crippen LogP contribution in [0.4, 0.5) is 5.69 Å². The summed E-state index contributed by atoms with van der Waals surface area (Å²) < 4.78 is 4.81. The molecule has 3 aliphatic heterocycles. The number of benzene rings is 1. The van der Waals surface area contributed by atoms with Gasteiger partial charge >= 0.3 is 5.97 Å². The molecule has 7 nitrogen and oxygen atoms in total. The fraction of sp³-hybridized carbons (Fsp3) is 0.581. The van der Waals surface area contributed by atoms with Gasteiger partial charge in [0.05, 0.1) is 35.8 Å². The number of amides is 2. The summed E-state index contributed by atoms with van der Waals surface area (Å²) in [6, 6.07) is 4.60. The van der Waals surface area contributed by atoms with E-state index in [2.05, 4.69) is 20.1 Å². The highest BCUT2D eigenvalue weighted by Gasteiger charge is 2.77. The molecule has 1 N–H and O–H groups in total. The van der Waals surface area contributed by atoms with E-state index in [-0.39, 0.29) is 54.6 Å². The quantitative estimate of drug-likeness (QED) is 0.249. The first kappa shape index (κ1) is 29.4. The molecule has 3 aliphatic rings. The van der Waals surface area contributed by atoms with E-state index in [4.69, 9.17) is 4.74 Å². The van der Waals surface area contributed by atoms with Gasteiger partial charge in [-0.3, -0.25) is 14.4 Å². The van der Waals surface area contributed by atoms with Crippen LogP contribution in [-0.4, -0.2) is 69.6 Å². The largest absolute Gasteiger partial charge is 0.465 e. The summed E-state index contributed by atoms with van der Waals surface area (Å²) in [6.45, 7) is 17.8. The molecule has 0 aliphatic carbocycles. The number of thioether (sulfide) groups is 1. The van der Waals surface area contributed by atoms with E-state index in [1.54, 1.807) is 33.7 Å². The number of anilines is 1. The number of aryl methyl sites for hydroxylation is 2. The zero-order chi connectivity index (χ0) is 28.6. The van der Waals surface area contributed by atoms with Crippen LogP contribution in [0.15, 0.2) is 43.5 Å². The van der Waals surface area contributed by atoms with Crippen molar-refractivity contribution in [2.24, 2.45) is 23.7 Å². The summed E-state index contributed by atoms with van der Waals surface area (Å²) in [7, 11) is 0. The van der Waals surface area contributed by atoms with Gasteiger partial charge in [0.15, 0.2) is 0 Å². The van der Waals surface area contributed by atoms with Gasteiger partial charge in [-0.15, -0.1) is 24.9 Å². The van der Waals surface area contributed by atoms with Crippen molar-refractivity contribution in [3.05, 3.63) is 54.6 Å². The van der Waals surface area contributed by atoms with Crippen LogP contribution in [-0.2, 0) is 19.1 Å². The predicted molar refractivity (Wildman–Crippen MR) is 155 cm³/mol. The third-order valence-electron chi connectivity index (χ3n) is 8.80. The van der Waals surface area contributed by atoms with Gasteiger partial charge in [0.1, 0.15) is 6.04 Å². The maximum Gasteiger partial charge on any atom is 0.310 e. The molecule has 4 rings (SSSR count). The van der Waals surface area contributed by atoms with Crippen molar-refractivity contribution < 1.29 is 24.2 Å².